The van der Waals surface area contributed by atoms with Crippen molar-refractivity contribution < 1.29 is 9.50 Å². The van der Waals surface area contributed by atoms with Gasteiger partial charge in [-0.2, -0.15) is 0 Å². The van der Waals surface area contributed by atoms with Gasteiger partial charge in [-0.25, -0.2) is 4.39 Å². The second kappa shape index (κ2) is 4.03. The summed E-state index contributed by atoms with van der Waals surface area (Å²) in [5, 5.41) is 9.79. The first kappa shape index (κ1) is 10.2. The maximum atomic E-state index is 13.1. The SMILES string of the molecule is CC(CCO)c1c[nH]c2ccc(F)cc12. The molecule has 3 heteroatoms. The topological polar surface area (TPSA) is 36.0 Å². The summed E-state index contributed by atoms with van der Waals surface area (Å²) < 4.78 is 13.1. The van der Waals surface area contributed by atoms with Gasteiger partial charge in [-0.1, -0.05) is 6.92 Å². The van der Waals surface area contributed by atoms with E-state index in [2.05, 4.69) is 4.98 Å². The van der Waals surface area contributed by atoms with Gasteiger partial charge in [0.1, 0.15) is 5.82 Å². The van der Waals surface area contributed by atoms with E-state index in [1.807, 2.05) is 13.1 Å². The number of aliphatic hydroxyl groups is 1. The van der Waals surface area contributed by atoms with Gasteiger partial charge >= 0.3 is 0 Å². The predicted octanol–water partition coefficient (Wildman–Crippen LogP) is 2.79. The third-order valence-corrected chi connectivity index (χ3v) is 2.77. The quantitative estimate of drug-likeness (QED) is 0.797. The minimum absolute atomic E-state index is 0.156. The number of halogens is 1. The van der Waals surface area contributed by atoms with Crippen LogP contribution in [0.2, 0.25) is 0 Å². The molecule has 0 fully saturated rings. The van der Waals surface area contributed by atoms with E-state index in [-0.39, 0.29) is 18.3 Å². The number of nitrogens with one attached hydrogen (secondary N) is 1. The summed E-state index contributed by atoms with van der Waals surface area (Å²) in [5.74, 6) is 0.0186. The molecule has 1 unspecified atom stereocenters. The molecular formula is C12H14FNO. The number of hydrogen-bond donors (Lipinski definition) is 2. The fraction of sp³-hybridized carbons (Fsp3) is 0.333. The van der Waals surface area contributed by atoms with Gasteiger partial charge in [0.25, 0.3) is 0 Å². The van der Waals surface area contributed by atoms with Crippen molar-refractivity contribution in [3.05, 3.63) is 35.8 Å². The van der Waals surface area contributed by atoms with Crippen molar-refractivity contribution in [1.82, 2.24) is 4.98 Å². The monoisotopic (exact) mass is 207 g/mol. The number of aliphatic hydroxyl groups excluding tert-OH is 1. The average Bonchev–Trinajstić information content (AvgIpc) is 2.60. The highest BCUT2D eigenvalue weighted by Crippen LogP contribution is 2.27. The van der Waals surface area contributed by atoms with Crippen LogP contribution in [0.15, 0.2) is 24.4 Å². The number of hydrogen-bond acceptors (Lipinski definition) is 1. The molecule has 0 saturated heterocycles. The first-order chi connectivity index (χ1) is 7.22. The molecule has 1 aromatic heterocycles. The summed E-state index contributed by atoms with van der Waals surface area (Å²) in [7, 11) is 0. The Morgan fingerprint density at radius 1 is 1.47 bits per heavy atom. The van der Waals surface area contributed by atoms with Crippen LogP contribution in [-0.2, 0) is 0 Å². The molecule has 0 aliphatic carbocycles. The first-order valence-corrected chi connectivity index (χ1v) is 5.09. The maximum Gasteiger partial charge on any atom is 0.123 e. The Hall–Kier alpha value is -1.35. The molecule has 80 valence electrons. The fourth-order valence-corrected chi connectivity index (χ4v) is 1.87. The molecule has 1 heterocycles. The first-order valence-electron chi connectivity index (χ1n) is 5.09. The number of aromatic amines is 1. The van der Waals surface area contributed by atoms with Crippen LogP contribution in [0.3, 0.4) is 0 Å². The van der Waals surface area contributed by atoms with E-state index in [1.54, 1.807) is 6.07 Å². The van der Waals surface area contributed by atoms with E-state index in [1.165, 1.54) is 12.1 Å². The van der Waals surface area contributed by atoms with Crippen LogP contribution in [0.5, 0.6) is 0 Å². The Bertz CT molecular complexity index is 464. The molecule has 0 aliphatic rings. The van der Waals surface area contributed by atoms with Gasteiger partial charge in [-0.05, 0) is 36.1 Å². The van der Waals surface area contributed by atoms with Crippen molar-refractivity contribution in [2.24, 2.45) is 0 Å². The molecule has 0 bridgehead atoms. The Morgan fingerprint density at radius 3 is 3.00 bits per heavy atom. The highest BCUT2D eigenvalue weighted by Gasteiger charge is 2.11. The smallest absolute Gasteiger partial charge is 0.123 e. The van der Waals surface area contributed by atoms with E-state index < -0.39 is 0 Å². The Morgan fingerprint density at radius 2 is 2.27 bits per heavy atom. The Labute approximate surface area is 87.7 Å². The van der Waals surface area contributed by atoms with Crippen LogP contribution in [0.4, 0.5) is 4.39 Å². The molecule has 2 aromatic rings. The van der Waals surface area contributed by atoms with Crippen LogP contribution in [0.25, 0.3) is 10.9 Å². The lowest BCUT2D eigenvalue weighted by Gasteiger charge is -2.07. The number of rotatable bonds is 3. The highest BCUT2D eigenvalue weighted by molar-refractivity contribution is 5.83. The van der Waals surface area contributed by atoms with Crippen molar-refractivity contribution in [1.29, 1.82) is 0 Å². The summed E-state index contributed by atoms with van der Waals surface area (Å²) in [5.41, 5.74) is 2.01. The van der Waals surface area contributed by atoms with Crippen LogP contribution in [0, 0.1) is 5.82 Å². The minimum atomic E-state index is -0.223. The predicted molar refractivity (Wildman–Crippen MR) is 58.4 cm³/mol. The van der Waals surface area contributed by atoms with Crippen molar-refractivity contribution >= 4 is 10.9 Å². The molecule has 0 aliphatic heterocycles. The lowest BCUT2D eigenvalue weighted by Crippen LogP contribution is -1.95. The number of fused-ring (bicyclic) bond motifs is 1. The van der Waals surface area contributed by atoms with Crippen LogP contribution in [0.1, 0.15) is 24.8 Å². The zero-order valence-corrected chi connectivity index (χ0v) is 8.63. The van der Waals surface area contributed by atoms with Gasteiger partial charge < -0.3 is 10.1 Å². The summed E-state index contributed by atoms with van der Waals surface area (Å²) in [6, 6.07) is 4.72. The number of H-pyrrole nitrogens is 1. The van der Waals surface area contributed by atoms with Crippen molar-refractivity contribution in [2.45, 2.75) is 19.3 Å². The lowest BCUT2D eigenvalue weighted by molar-refractivity contribution is 0.279. The zero-order chi connectivity index (χ0) is 10.8. The molecule has 2 rings (SSSR count). The number of benzene rings is 1. The molecule has 0 amide bonds. The van der Waals surface area contributed by atoms with Gasteiger partial charge in [0.05, 0.1) is 0 Å². The second-order valence-corrected chi connectivity index (χ2v) is 3.85. The fourth-order valence-electron chi connectivity index (χ4n) is 1.87. The summed E-state index contributed by atoms with van der Waals surface area (Å²) in [6.45, 7) is 2.19. The summed E-state index contributed by atoms with van der Waals surface area (Å²) in [4.78, 5) is 3.11. The van der Waals surface area contributed by atoms with Crippen molar-refractivity contribution in [3.8, 4) is 0 Å². The Balaban J connectivity index is 2.47. The van der Waals surface area contributed by atoms with Gasteiger partial charge in [0.2, 0.25) is 0 Å². The maximum absolute atomic E-state index is 13.1. The van der Waals surface area contributed by atoms with Gasteiger partial charge in [0.15, 0.2) is 0 Å². The van der Waals surface area contributed by atoms with Crippen LogP contribution in [-0.4, -0.2) is 16.7 Å². The minimum Gasteiger partial charge on any atom is -0.396 e. The van der Waals surface area contributed by atoms with E-state index in [0.717, 1.165) is 16.5 Å². The molecule has 2 nitrogen and oxygen atoms in total. The zero-order valence-electron chi connectivity index (χ0n) is 8.63. The van der Waals surface area contributed by atoms with Crippen LogP contribution >= 0.6 is 0 Å². The third-order valence-electron chi connectivity index (χ3n) is 2.77. The van der Waals surface area contributed by atoms with Crippen LogP contribution < -0.4 is 0 Å². The van der Waals surface area contributed by atoms with Crippen molar-refractivity contribution in [3.63, 3.8) is 0 Å². The van der Waals surface area contributed by atoms with Gasteiger partial charge in [-0.3, -0.25) is 0 Å². The van der Waals surface area contributed by atoms with E-state index in [0.29, 0.717) is 6.42 Å². The molecule has 0 radical (unpaired) electrons. The number of aromatic nitrogens is 1. The molecule has 15 heavy (non-hydrogen) atoms. The van der Waals surface area contributed by atoms with Gasteiger partial charge in [0, 0.05) is 23.7 Å². The summed E-state index contributed by atoms with van der Waals surface area (Å²) >= 11 is 0. The molecule has 0 saturated carbocycles. The third kappa shape index (κ3) is 1.88. The molecule has 0 spiro atoms. The van der Waals surface area contributed by atoms with Gasteiger partial charge in [-0.15, -0.1) is 0 Å². The van der Waals surface area contributed by atoms with E-state index in [9.17, 15) is 4.39 Å². The largest absolute Gasteiger partial charge is 0.396 e. The molecule has 1 aromatic carbocycles. The molecule has 2 N–H and O–H groups in total. The highest BCUT2D eigenvalue weighted by atomic mass is 19.1. The van der Waals surface area contributed by atoms with Crippen molar-refractivity contribution in [2.75, 3.05) is 6.61 Å². The Kier molecular flexibility index (Phi) is 2.73. The summed E-state index contributed by atoms with van der Waals surface area (Å²) in [6.07, 6.45) is 2.59. The lowest BCUT2D eigenvalue weighted by atomic mass is 9.98. The van der Waals surface area contributed by atoms with E-state index in [4.69, 9.17) is 5.11 Å². The molecule has 1 atom stereocenters. The standard InChI is InChI=1S/C12H14FNO/c1-8(4-5-15)11-7-14-12-3-2-9(13)6-10(11)12/h2-3,6-8,14-15H,4-5H2,1H3. The average molecular weight is 207 g/mol. The van der Waals surface area contributed by atoms with E-state index >= 15 is 0 Å². The second-order valence-electron chi connectivity index (χ2n) is 3.85. The normalized spacial score (nSPS) is 13.3. The molecular weight excluding hydrogens is 193 g/mol.